The molecule has 21 heavy (non-hydrogen) atoms. The fourth-order valence-corrected chi connectivity index (χ4v) is 2.11. The van der Waals surface area contributed by atoms with Crippen molar-refractivity contribution in [1.29, 1.82) is 0 Å². The van der Waals surface area contributed by atoms with Crippen molar-refractivity contribution >= 4 is 18.0 Å². The highest BCUT2D eigenvalue weighted by Crippen LogP contribution is 2.20. The van der Waals surface area contributed by atoms with Crippen LogP contribution in [0.3, 0.4) is 0 Å². The maximum atomic E-state index is 13.7. The lowest BCUT2D eigenvalue weighted by Crippen LogP contribution is -2.15. The Morgan fingerprint density at radius 1 is 1.43 bits per heavy atom. The monoisotopic (exact) mass is 309 g/mol. The number of amides is 1. The van der Waals surface area contributed by atoms with E-state index in [4.69, 9.17) is 11.6 Å². The minimum atomic E-state index is -0.403. The van der Waals surface area contributed by atoms with Gasteiger partial charge in [0.2, 0.25) is 6.41 Å². The Balaban J connectivity index is 2.78. The van der Waals surface area contributed by atoms with Crippen LogP contribution in [0.25, 0.3) is 0 Å². The second-order valence-electron chi connectivity index (χ2n) is 4.76. The Labute approximate surface area is 130 Å². The SMILES string of the molecule is C/C=C(\C=C/N(C=O)Cc1c(F)cccc1Cl)CCCC. The molecule has 0 aliphatic heterocycles. The van der Waals surface area contributed by atoms with Gasteiger partial charge >= 0.3 is 0 Å². The van der Waals surface area contributed by atoms with Gasteiger partial charge in [-0.15, -0.1) is 0 Å². The summed E-state index contributed by atoms with van der Waals surface area (Å²) in [6, 6.07) is 4.50. The summed E-state index contributed by atoms with van der Waals surface area (Å²) in [5.41, 5.74) is 1.48. The predicted molar refractivity (Wildman–Crippen MR) is 85.4 cm³/mol. The molecule has 114 valence electrons. The normalized spacial score (nSPS) is 11.9. The first-order valence-electron chi connectivity index (χ1n) is 7.09. The first-order chi connectivity index (χ1) is 10.1. The first kappa shape index (κ1) is 17.4. The number of rotatable bonds is 8. The van der Waals surface area contributed by atoms with Gasteiger partial charge in [0.05, 0.1) is 6.54 Å². The lowest BCUT2D eigenvalue weighted by atomic mass is 10.1. The van der Waals surface area contributed by atoms with Crippen LogP contribution in [0.2, 0.25) is 5.02 Å². The van der Waals surface area contributed by atoms with Crippen LogP contribution in [0.5, 0.6) is 0 Å². The Morgan fingerprint density at radius 3 is 2.76 bits per heavy atom. The minimum Gasteiger partial charge on any atom is -0.317 e. The number of carbonyl (C=O) groups is 1. The number of hydrogen-bond donors (Lipinski definition) is 0. The number of hydrogen-bond acceptors (Lipinski definition) is 1. The van der Waals surface area contributed by atoms with Crippen molar-refractivity contribution in [3.05, 3.63) is 58.5 Å². The van der Waals surface area contributed by atoms with Crippen molar-refractivity contribution in [2.75, 3.05) is 0 Å². The maximum absolute atomic E-state index is 13.7. The number of unbranched alkanes of at least 4 members (excludes halogenated alkanes) is 1. The topological polar surface area (TPSA) is 20.3 Å². The van der Waals surface area contributed by atoms with E-state index in [9.17, 15) is 9.18 Å². The smallest absolute Gasteiger partial charge is 0.213 e. The van der Waals surface area contributed by atoms with Crippen LogP contribution in [-0.4, -0.2) is 11.3 Å². The third-order valence-corrected chi connectivity index (χ3v) is 3.56. The molecule has 0 radical (unpaired) electrons. The van der Waals surface area contributed by atoms with Crippen molar-refractivity contribution in [2.45, 2.75) is 39.7 Å². The molecule has 0 fully saturated rings. The molecule has 0 N–H and O–H groups in total. The van der Waals surface area contributed by atoms with Crippen molar-refractivity contribution < 1.29 is 9.18 Å². The maximum Gasteiger partial charge on any atom is 0.213 e. The van der Waals surface area contributed by atoms with Crippen LogP contribution < -0.4 is 0 Å². The summed E-state index contributed by atoms with van der Waals surface area (Å²) in [7, 11) is 0. The van der Waals surface area contributed by atoms with Crippen molar-refractivity contribution in [3.8, 4) is 0 Å². The average Bonchev–Trinajstić information content (AvgIpc) is 2.49. The molecule has 0 atom stereocenters. The van der Waals surface area contributed by atoms with Gasteiger partial charge in [-0.2, -0.15) is 0 Å². The number of benzene rings is 1. The quantitative estimate of drug-likeness (QED) is 0.484. The highest BCUT2D eigenvalue weighted by atomic mass is 35.5. The van der Waals surface area contributed by atoms with E-state index >= 15 is 0 Å². The Morgan fingerprint density at radius 2 is 2.19 bits per heavy atom. The summed E-state index contributed by atoms with van der Waals surface area (Å²) in [5, 5.41) is 0.326. The summed E-state index contributed by atoms with van der Waals surface area (Å²) >= 11 is 5.97. The van der Waals surface area contributed by atoms with Gasteiger partial charge in [0, 0.05) is 16.8 Å². The number of carbonyl (C=O) groups excluding carboxylic acids is 1. The molecule has 0 unspecified atom stereocenters. The molecular formula is C17H21ClFNO. The summed E-state index contributed by atoms with van der Waals surface area (Å²) in [5.74, 6) is -0.403. The molecule has 0 saturated heterocycles. The zero-order chi connectivity index (χ0) is 15.7. The highest BCUT2D eigenvalue weighted by Gasteiger charge is 2.09. The van der Waals surface area contributed by atoms with Crippen LogP contribution >= 0.6 is 11.6 Å². The van der Waals surface area contributed by atoms with E-state index in [0.29, 0.717) is 17.0 Å². The van der Waals surface area contributed by atoms with E-state index in [1.165, 1.54) is 11.0 Å². The molecule has 0 heterocycles. The number of nitrogens with zero attached hydrogens (tertiary/aromatic N) is 1. The molecule has 1 aromatic rings. The summed E-state index contributed by atoms with van der Waals surface area (Å²) in [4.78, 5) is 12.5. The van der Waals surface area contributed by atoms with Crippen molar-refractivity contribution in [2.24, 2.45) is 0 Å². The number of halogens is 2. The molecule has 1 rings (SSSR count). The Kier molecular flexibility index (Phi) is 7.76. The van der Waals surface area contributed by atoms with E-state index in [0.717, 1.165) is 24.8 Å². The number of allylic oxidation sites excluding steroid dienone is 3. The van der Waals surface area contributed by atoms with Crippen molar-refractivity contribution in [3.63, 3.8) is 0 Å². The second-order valence-corrected chi connectivity index (χ2v) is 5.17. The van der Waals surface area contributed by atoms with Gasteiger partial charge in [0.15, 0.2) is 0 Å². The molecule has 0 saturated carbocycles. The standard InChI is InChI=1S/C17H21ClFNO/c1-3-5-7-14(4-2)10-11-20(13-21)12-15-16(18)8-6-9-17(15)19/h4,6,8-11,13H,3,5,7,12H2,1-2H3/b11-10-,14-4-. The van der Waals surface area contributed by atoms with Crippen LogP contribution in [0.4, 0.5) is 4.39 Å². The zero-order valence-electron chi connectivity index (χ0n) is 12.5. The largest absolute Gasteiger partial charge is 0.317 e. The molecule has 1 aromatic carbocycles. The third kappa shape index (κ3) is 5.72. The first-order valence-corrected chi connectivity index (χ1v) is 7.47. The van der Waals surface area contributed by atoms with Gasteiger partial charge < -0.3 is 4.90 Å². The molecule has 2 nitrogen and oxygen atoms in total. The van der Waals surface area contributed by atoms with E-state index in [1.54, 1.807) is 18.3 Å². The molecule has 0 spiro atoms. The molecule has 1 amide bonds. The molecule has 0 aromatic heterocycles. The highest BCUT2D eigenvalue weighted by molar-refractivity contribution is 6.31. The fourth-order valence-electron chi connectivity index (χ4n) is 1.89. The van der Waals surface area contributed by atoms with Gasteiger partial charge in [0.25, 0.3) is 0 Å². The average molecular weight is 310 g/mol. The van der Waals surface area contributed by atoms with Gasteiger partial charge in [0.1, 0.15) is 5.82 Å². The second kappa shape index (κ2) is 9.35. The van der Waals surface area contributed by atoms with Crippen LogP contribution in [0.1, 0.15) is 38.7 Å². The predicted octanol–water partition coefficient (Wildman–Crippen LogP) is 5.09. The van der Waals surface area contributed by atoms with Crippen molar-refractivity contribution in [1.82, 2.24) is 4.90 Å². The lowest BCUT2D eigenvalue weighted by Gasteiger charge is -2.14. The third-order valence-electron chi connectivity index (χ3n) is 3.21. The van der Waals surface area contributed by atoms with E-state index in [-0.39, 0.29) is 6.54 Å². The van der Waals surface area contributed by atoms with Crippen LogP contribution in [-0.2, 0) is 11.3 Å². The van der Waals surface area contributed by atoms with Crippen LogP contribution in [0.15, 0.2) is 42.1 Å². The van der Waals surface area contributed by atoms with Gasteiger partial charge in [-0.05, 0) is 38.0 Å². The molecular weight excluding hydrogens is 289 g/mol. The van der Waals surface area contributed by atoms with E-state index in [1.807, 2.05) is 19.1 Å². The Hall–Kier alpha value is -1.61. The molecule has 0 bridgehead atoms. The molecule has 0 aliphatic carbocycles. The summed E-state index contributed by atoms with van der Waals surface area (Å²) in [6.45, 7) is 4.22. The van der Waals surface area contributed by atoms with Crippen LogP contribution in [0, 0.1) is 5.82 Å². The van der Waals surface area contributed by atoms with Gasteiger partial charge in [-0.3, -0.25) is 4.79 Å². The minimum absolute atomic E-state index is 0.121. The van der Waals surface area contributed by atoms with Gasteiger partial charge in [-0.1, -0.05) is 42.7 Å². The fraction of sp³-hybridized carbons (Fsp3) is 0.353. The Bertz CT molecular complexity index is 505. The zero-order valence-corrected chi connectivity index (χ0v) is 13.2. The lowest BCUT2D eigenvalue weighted by molar-refractivity contribution is -0.116. The molecule has 0 aliphatic rings. The summed E-state index contributed by atoms with van der Waals surface area (Å²) in [6.07, 6.45) is 9.44. The summed E-state index contributed by atoms with van der Waals surface area (Å²) < 4.78 is 13.7. The van der Waals surface area contributed by atoms with E-state index in [2.05, 4.69) is 6.92 Å². The van der Waals surface area contributed by atoms with Gasteiger partial charge in [-0.25, -0.2) is 4.39 Å². The molecule has 4 heteroatoms. The van der Waals surface area contributed by atoms with E-state index < -0.39 is 5.82 Å².